The third-order valence-electron chi connectivity index (χ3n) is 2.11. The van der Waals surface area contributed by atoms with Crippen LogP contribution in [0.15, 0.2) is 42.5 Å². The fourth-order valence-corrected chi connectivity index (χ4v) is 1.39. The van der Waals surface area contributed by atoms with Crippen molar-refractivity contribution < 1.29 is 4.79 Å². The molecule has 3 heteroatoms. The molecule has 0 atom stereocenters. The van der Waals surface area contributed by atoms with Crippen molar-refractivity contribution in [1.82, 2.24) is 0 Å². The molecule has 0 amide bonds. The number of carbonyl (C=O) groups is 1. The fourth-order valence-electron chi connectivity index (χ4n) is 1.39. The number of benzene rings is 2. The molecule has 0 spiro atoms. The third kappa shape index (κ3) is 3.84. The van der Waals surface area contributed by atoms with E-state index in [9.17, 15) is 4.79 Å². The monoisotopic (exact) mass is 254 g/mol. The van der Waals surface area contributed by atoms with Crippen LogP contribution in [0, 0.1) is 6.92 Å². The summed E-state index contributed by atoms with van der Waals surface area (Å²) in [5, 5.41) is 2.18. The fraction of sp³-hybridized carbons (Fsp3) is 0.154. The van der Waals surface area contributed by atoms with Crippen LogP contribution in [0.5, 0.6) is 0 Å². The van der Waals surface area contributed by atoms with Gasteiger partial charge >= 0.3 is 0 Å². The molecule has 2 rings (SSSR count). The number of rotatable bonds is 1. The molecule has 0 aromatic heterocycles. The van der Waals surface area contributed by atoms with E-state index in [1.165, 1.54) is 16.3 Å². The van der Waals surface area contributed by atoms with Crippen LogP contribution in [0.1, 0.15) is 5.56 Å². The number of hydrogen-bond donors (Lipinski definition) is 0. The van der Waals surface area contributed by atoms with Crippen LogP contribution in [0.25, 0.3) is 10.8 Å². The summed E-state index contributed by atoms with van der Waals surface area (Å²) >= 11 is 9.55. The van der Waals surface area contributed by atoms with Crippen molar-refractivity contribution in [2.45, 2.75) is 6.92 Å². The maximum absolute atomic E-state index is 9.45. The minimum Gasteiger partial charge on any atom is -0.280 e. The van der Waals surface area contributed by atoms with E-state index in [2.05, 4.69) is 49.4 Å². The Morgan fingerprint density at radius 2 is 1.69 bits per heavy atom. The molecule has 1 nitrogen and oxygen atoms in total. The van der Waals surface area contributed by atoms with Crippen molar-refractivity contribution in [2.75, 3.05) is 5.88 Å². The normalized spacial score (nSPS) is 9.44. The Morgan fingerprint density at radius 1 is 1.12 bits per heavy atom. The molecule has 84 valence electrons. The molecule has 0 aliphatic rings. The van der Waals surface area contributed by atoms with Gasteiger partial charge in [-0.15, -0.1) is 11.6 Å². The molecule has 0 fully saturated rings. The Kier molecular flexibility index (Phi) is 5.30. The van der Waals surface area contributed by atoms with Gasteiger partial charge in [-0.1, -0.05) is 42.5 Å². The summed E-state index contributed by atoms with van der Waals surface area (Å²) < 4.78 is 0. The zero-order chi connectivity index (χ0) is 12.0. The summed E-state index contributed by atoms with van der Waals surface area (Å²) in [6.45, 7) is 2.14. The predicted molar refractivity (Wildman–Crippen MR) is 70.3 cm³/mol. The van der Waals surface area contributed by atoms with Gasteiger partial charge < -0.3 is 0 Å². The van der Waals surface area contributed by atoms with Crippen LogP contribution in [-0.2, 0) is 4.79 Å². The van der Waals surface area contributed by atoms with E-state index in [-0.39, 0.29) is 5.88 Å². The van der Waals surface area contributed by atoms with E-state index < -0.39 is 5.24 Å². The second-order valence-electron chi connectivity index (χ2n) is 3.28. The molecule has 0 heterocycles. The standard InChI is InChI=1S/C11H10.C2H2Cl2O/c1-9-5-4-7-10-6-2-3-8-11(9)10;3-1-2(4)5/h2-8H,1H3;1H2. The Bertz CT molecular complexity index is 475. The molecular formula is C13H12Cl2O. The zero-order valence-electron chi connectivity index (χ0n) is 8.91. The largest absolute Gasteiger partial charge is 0.280 e. The molecule has 2 aromatic carbocycles. The Hall–Kier alpha value is -1.05. The third-order valence-corrected chi connectivity index (χ3v) is 2.63. The molecule has 0 unspecified atom stereocenters. The van der Waals surface area contributed by atoms with Gasteiger partial charge in [-0.05, 0) is 34.9 Å². The van der Waals surface area contributed by atoms with Crippen molar-refractivity contribution in [2.24, 2.45) is 0 Å². The number of carbonyl (C=O) groups excluding carboxylic acids is 1. The van der Waals surface area contributed by atoms with Crippen LogP contribution in [0.2, 0.25) is 0 Å². The first kappa shape index (κ1) is 13.0. The molecule has 0 saturated carbocycles. The van der Waals surface area contributed by atoms with E-state index in [1.807, 2.05) is 0 Å². The molecule has 16 heavy (non-hydrogen) atoms. The van der Waals surface area contributed by atoms with E-state index in [0.29, 0.717) is 0 Å². The average molecular weight is 255 g/mol. The Balaban J connectivity index is 0.000000221. The number of aryl methyl sites for hydroxylation is 1. The second kappa shape index (κ2) is 6.51. The zero-order valence-corrected chi connectivity index (χ0v) is 10.4. The van der Waals surface area contributed by atoms with Gasteiger partial charge in [0.2, 0.25) is 5.24 Å². The van der Waals surface area contributed by atoms with Crippen LogP contribution in [-0.4, -0.2) is 11.1 Å². The smallest absolute Gasteiger partial charge is 0.236 e. The summed E-state index contributed by atoms with van der Waals surface area (Å²) in [7, 11) is 0. The lowest BCUT2D eigenvalue weighted by Crippen LogP contribution is -1.81. The first-order chi connectivity index (χ1) is 7.65. The topological polar surface area (TPSA) is 17.1 Å². The molecule has 2 aromatic rings. The first-order valence-electron chi connectivity index (χ1n) is 4.84. The van der Waals surface area contributed by atoms with Gasteiger partial charge in [0.25, 0.3) is 0 Å². The maximum atomic E-state index is 9.45. The quantitative estimate of drug-likeness (QED) is 0.553. The van der Waals surface area contributed by atoms with Gasteiger partial charge in [0.1, 0.15) is 0 Å². The highest BCUT2D eigenvalue weighted by molar-refractivity contribution is 6.67. The molecule has 0 saturated heterocycles. The number of alkyl halides is 1. The van der Waals surface area contributed by atoms with Crippen molar-refractivity contribution in [3.05, 3.63) is 48.0 Å². The SMILES string of the molecule is Cc1cccc2ccccc12.O=C(Cl)CCl. The van der Waals surface area contributed by atoms with Crippen molar-refractivity contribution in [3.63, 3.8) is 0 Å². The molecular weight excluding hydrogens is 243 g/mol. The molecule has 0 aliphatic carbocycles. The lowest BCUT2D eigenvalue weighted by atomic mass is 10.1. The summed E-state index contributed by atoms with van der Waals surface area (Å²) in [6, 6.07) is 14.8. The Morgan fingerprint density at radius 3 is 2.25 bits per heavy atom. The molecule has 0 radical (unpaired) electrons. The molecule has 0 N–H and O–H groups in total. The van der Waals surface area contributed by atoms with Crippen LogP contribution < -0.4 is 0 Å². The number of hydrogen-bond acceptors (Lipinski definition) is 1. The number of fused-ring (bicyclic) bond motifs is 1. The van der Waals surface area contributed by atoms with E-state index in [1.54, 1.807) is 0 Å². The second-order valence-corrected chi connectivity index (χ2v) is 3.97. The minimum absolute atomic E-state index is 0.0957. The lowest BCUT2D eigenvalue weighted by Gasteiger charge is -1.98. The lowest BCUT2D eigenvalue weighted by molar-refractivity contribution is -0.109. The van der Waals surface area contributed by atoms with Gasteiger partial charge in [0, 0.05) is 0 Å². The number of halogens is 2. The van der Waals surface area contributed by atoms with E-state index >= 15 is 0 Å². The van der Waals surface area contributed by atoms with Crippen molar-refractivity contribution in [1.29, 1.82) is 0 Å². The van der Waals surface area contributed by atoms with Crippen molar-refractivity contribution >= 4 is 39.2 Å². The van der Waals surface area contributed by atoms with Gasteiger partial charge in [-0.25, -0.2) is 0 Å². The highest BCUT2D eigenvalue weighted by atomic mass is 35.5. The van der Waals surface area contributed by atoms with E-state index in [4.69, 9.17) is 23.2 Å². The summed E-state index contributed by atoms with van der Waals surface area (Å²) in [4.78, 5) is 9.45. The van der Waals surface area contributed by atoms with Crippen LogP contribution >= 0.6 is 23.2 Å². The van der Waals surface area contributed by atoms with Crippen LogP contribution in [0.3, 0.4) is 0 Å². The van der Waals surface area contributed by atoms with E-state index in [0.717, 1.165) is 0 Å². The van der Waals surface area contributed by atoms with Gasteiger partial charge in [-0.2, -0.15) is 0 Å². The summed E-state index contributed by atoms with van der Waals surface area (Å²) in [5.74, 6) is -0.0957. The van der Waals surface area contributed by atoms with Crippen molar-refractivity contribution in [3.8, 4) is 0 Å². The van der Waals surface area contributed by atoms with Gasteiger partial charge in [-0.3, -0.25) is 4.79 Å². The average Bonchev–Trinajstić information content (AvgIpc) is 2.30. The Labute approximate surface area is 105 Å². The maximum Gasteiger partial charge on any atom is 0.236 e. The predicted octanol–water partition coefficient (Wildman–Crippen LogP) is 4.14. The highest BCUT2D eigenvalue weighted by Gasteiger charge is 1.92. The summed E-state index contributed by atoms with van der Waals surface area (Å²) in [6.07, 6.45) is 0. The van der Waals surface area contributed by atoms with Gasteiger partial charge in [0.15, 0.2) is 0 Å². The minimum atomic E-state index is -0.508. The van der Waals surface area contributed by atoms with Gasteiger partial charge in [0.05, 0.1) is 5.88 Å². The van der Waals surface area contributed by atoms with Crippen LogP contribution in [0.4, 0.5) is 0 Å². The highest BCUT2D eigenvalue weighted by Crippen LogP contribution is 2.16. The molecule has 0 aliphatic heterocycles. The first-order valence-corrected chi connectivity index (χ1v) is 5.75. The summed E-state index contributed by atoms with van der Waals surface area (Å²) in [5.41, 5.74) is 1.35. The molecule has 0 bridgehead atoms.